The van der Waals surface area contributed by atoms with Gasteiger partial charge in [0.15, 0.2) is 0 Å². The van der Waals surface area contributed by atoms with Crippen molar-refractivity contribution in [1.82, 2.24) is 28.0 Å². The SMILES string of the molecule is Br.CN(C)P(=N[PH](N(C)C)(N(C)C)N(C)C)(N(C)C)N(C)C. The quantitative estimate of drug-likeness (QED) is 0.586. The van der Waals surface area contributed by atoms with Crippen molar-refractivity contribution in [3.05, 3.63) is 0 Å². The molecule has 0 aromatic heterocycles. The Kier molecular flexibility index (Phi) is 10.7. The first kappa shape index (κ1) is 25.1. The van der Waals surface area contributed by atoms with Crippen molar-refractivity contribution < 1.29 is 0 Å². The van der Waals surface area contributed by atoms with Crippen LogP contribution in [0.3, 0.4) is 0 Å². The van der Waals surface area contributed by atoms with Crippen LogP contribution in [0.15, 0.2) is 4.52 Å². The van der Waals surface area contributed by atoms with E-state index >= 15 is 0 Å². The number of halogens is 1. The van der Waals surface area contributed by atoms with Gasteiger partial charge in [0.2, 0.25) is 0 Å². The Morgan fingerprint density at radius 2 is 0.773 bits per heavy atom. The first-order chi connectivity index (χ1) is 9.37. The van der Waals surface area contributed by atoms with Crippen molar-refractivity contribution in [3.63, 3.8) is 0 Å². The molecule has 0 bridgehead atoms. The van der Waals surface area contributed by atoms with E-state index in [1.165, 1.54) is 0 Å². The Morgan fingerprint density at radius 3 is 0.909 bits per heavy atom. The van der Waals surface area contributed by atoms with Gasteiger partial charge >= 0.3 is 132 Å². The summed E-state index contributed by atoms with van der Waals surface area (Å²) >= 11 is 0. The van der Waals surface area contributed by atoms with E-state index < -0.39 is 15.4 Å². The summed E-state index contributed by atoms with van der Waals surface area (Å²) in [7, 11) is 21.3. The van der Waals surface area contributed by atoms with Crippen molar-refractivity contribution in [2.24, 2.45) is 4.52 Å². The van der Waals surface area contributed by atoms with Crippen molar-refractivity contribution >= 4 is 32.4 Å². The predicted octanol–water partition coefficient (Wildman–Crippen LogP) is 2.29. The molecule has 10 heteroatoms. The van der Waals surface area contributed by atoms with Gasteiger partial charge in [0.05, 0.1) is 0 Å². The number of rotatable bonds is 7. The zero-order chi connectivity index (χ0) is 17.2. The maximum atomic E-state index is 5.54. The van der Waals surface area contributed by atoms with Gasteiger partial charge in [0.25, 0.3) is 0 Å². The Bertz CT molecular complexity index is 333. The Labute approximate surface area is 149 Å². The number of hydrogen-bond acceptors (Lipinski definition) is 4. The average molecular weight is 422 g/mol. The molecule has 22 heavy (non-hydrogen) atoms. The molecule has 7 nitrogen and oxygen atoms in total. The topological polar surface area (TPSA) is 31.8 Å². The molecular weight excluding hydrogens is 384 g/mol. The van der Waals surface area contributed by atoms with Crippen LogP contribution in [0.5, 0.6) is 0 Å². The van der Waals surface area contributed by atoms with Crippen LogP contribution in [-0.2, 0) is 0 Å². The Balaban J connectivity index is 0. The fourth-order valence-corrected chi connectivity index (χ4v) is 13.3. The third-order valence-electron chi connectivity index (χ3n) is 3.68. The molecule has 0 saturated carbocycles. The van der Waals surface area contributed by atoms with E-state index in [2.05, 4.69) is 113 Å². The molecule has 138 valence electrons. The molecule has 0 heterocycles. The molecule has 0 aromatic rings. The van der Waals surface area contributed by atoms with Gasteiger partial charge in [0.1, 0.15) is 0 Å². The zero-order valence-electron chi connectivity index (χ0n) is 16.5. The first-order valence-corrected chi connectivity index (χ1v) is 10.4. The standard InChI is InChI=1S/C12H37N7P2.BrH/c1-14(2)20(15(3)4,16(5)6)13-21(17(7)8,18(9)10)19(11)12;/h20H,1-12H3;1H. The van der Waals surface area contributed by atoms with Crippen molar-refractivity contribution in [2.75, 3.05) is 84.6 Å². The van der Waals surface area contributed by atoms with Crippen LogP contribution in [0.4, 0.5) is 0 Å². The molecule has 0 radical (unpaired) electrons. The van der Waals surface area contributed by atoms with E-state index in [0.717, 1.165) is 0 Å². The van der Waals surface area contributed by atoms with E-state index in [0.29, 0.717) is 0 Å². The van der Waals surface area contributed by atoms with Crippen LogP contribution in [-0.4, -0.2) is 113 Å². The van der Waals surface area contributed by atoms with Crippen LogP contribution in [0, 0.1) is 0 Å². The normalized spacial score (nSPS) is 14.5. The minimum atomic E-state index is -2.30. The van der Waals surface area contributed by atoms with Crippen molar-refractivity contribution in [1.29, 1.82) is 0 Å². The molecule has 0 aliphatic rings. The third-order valence-corrected chi connectivity index (χ3v) is 12.6. The first-order valence-electron chi connectivity index (χ1n) is 7.06. The minimum absolute atomic E-state index is 0. The van der Waals surface area contributed by atoms with Gasteiger partial charge in [0, 0.05) is 0 Å². The summed E-state index contributed by atoms with van der Waals surface area (Å²) in [6.07, 6.45) is 0. The molecule has 0 aliphatic carbocycles. The van der Waals surface area contributed by atoms with Crippen LogP contribution in [0.1, 0.15) is 0 Å². The molecule has 0 atom stereocenters. The average Bonchev–Trinajstić information content (AvgIpc) is 2.26. The van der Waals surface area contributed by atoms with Crippen LogP contribution in [0.2, 0.25) is 0 Å². The second-order valence-corrected chi connectivity index (χ2v) is 14.6. The molecule has 0 amide bonds. The fraction of sp³-hybridized carbons (Fsp3) is 1.00. The van der Waals surface area contributed by atoms with E-state index in [1.54, 1.807) is 0 Å². The molecular formula is C12H38BrN7P2. The summed E-state index contributed by atoms with van der Waals surface area (Å²) in [5.41, 5.74) is 0. The van der Waals surface area contributed by atoms with Gasteiger partial charge in [-0.2, -0.15) is 0 Å². The molecule has 0 aliphatic heterocycles. The summed E-state index contributed by atoms with van der Waals surface area (Å²) in [6, 6.07) is 0. The van der Waals surface area contributed by atoms with Crippen LogP contribution < -0.4 is 0 Å². The van der Waals surface area contributed by atoms with Crippen LogP contribution >= 0.6 is 32.4 Å². The molecule has 0 aromatic carbocycles. The second kappa shape index (κ2) is 9.40. The van der Waals surface area contributed by atoms with Crippen molar-refractivity contribution in [2.45, 2.75) is 0 Å². The number of hydrogen-bond donors (Lipinski definition) is 0. The van der Waals surface area contributed by atoms with Gasteiger partial charge in [-0.3, -0.25) is 0 Å². The third kappa shape index (κ3) is 4.50. The van der Waals surface area contributed by atoms with E-state index in [9.17, 15) is 0 Å². The molecule has 0 rings (SSSR count). The van der Waals surface area contributed by atoms with Crippen LogP contribution in [0.25, 0.3) is 0 Å². The summed E-state index contributed by atoms with van der Waals surface area (Å²) in [5.74, 6) is 0. The zero-order valence-corrected chi connectivity index (χ0v) is 20.1. The summed E-state index contributed by atoms with van der Waals surface area (Å²) in [6.45, 7) is 0. The Morgan fingerprint density at radius 1 is 0.545 bits per heavy atom. The fourth-order valence-electron chi connectivity index (χ4n) is 2.99. The monoisotopic (exact) mass is 421 g/mol. The molecule has 0 N–H and O–H groups in total. The van der Waals surface area contributed by atoms with Gasteiger partial charge in [-0.15, -0.1) is 17.0 Å². The van der Waals surface area contributed by atoms with Gasteiger partial charge in [-0.1, -0.05) is 0 Å². The number of nitrogens with zero attached hydrogens (tertiary/aromatic N) is 7. The maximum absolute atomic E-state index is 5.54. The van der Waals surface area contributed by atoms with E-state index in [1.807, 2.05) is 0 Å². The van der Waals surface area contributed by atoms with Crippen molar-refractivity contribution in [3.8, 4) is 0 Å². The molecule has 0 spiro atoms. The van der Waals surface area contributed by atoms with Gasteiger partial charge in [-0.25, -0.2) is 0 Å². The van der Waals surface area contributed by atoms with Gasteiger partial charge < -0.3 is 0 Å². The summed E-state index contributed by atoms with van der Waals surface area (Å²) in [5, 5.41) is 0. The summed E-state index contributed by atoms with van der Waals surface area (Å²) < 4.78 is 19.2. The second-order valence-electron chi connectivity index (χ2n) is 6.46. The molecule has 0 unspecified atom stereocenters. The van der Waals surface area contributed by atoms with Gasteiger partial charge in [-0.05, 0) is 0 Å². The Hall–Kier alpha value is 0.900. The molecule has 0 saturated heterocycles. The predicted molar refractivity (Wildman–Crippen MR) is 110 cm³/mol. The van der Waals surface area contributed by atoms with E-state index in [4.69, 9.17) is 4.52 Å². The summed E-state index contributed by atoms with van der Waals surface area (Å²) in [4.78, 5) is 0. The van der Waals surface area contributed by atoms with E-state index in [-0.39, 0.29) is 17.0 Å². The molecule has 0 fully saturated rings.